The zero-order valence-electron chi connectivity index (χ0n) is 15.2. The van der Waals surface area contributed by atoms with E-state index in [1.807, 2.05) is 13.8 Å². The number of hydrogen-bond acceptors (Lipinski definition) is 4. The van der Waals surface area contributed by atoms with Gasteiger partial charge in [-0.05, 0) is 13.8 Å². The molecule has 3 saturated heterocycles. The monoisotopic (exact) mass is 326 g/mol. The zero-order valence-corrected chi connectivity index (χ0v) is 16.2. The third-order valence-electron chi connectivity index (χ3n) is 5.60. The van der Waals surface area contributed by atoms with Crippen molar-refractivity contribution >= 4 is 14.3 Å². The van der Waals surface area contributed by atoms with E-state index in [-0.39, 0.29) is 28.1 Å². The van der Waals surface area contributed by atoms with Gasteiger partial charge in [-0.25, -0.2) is 0 Å². The molecule has 0 aromatic rings. The number of ether oxygens (including phenoxy) is 1. The van der Waals surface area contributed by atoms with E-state index in [0.29, 0.717) is 12.8 Å². The molecule has 3 aliphatic rings. The van der Waals surface area contributed by atoms with Gasteiger partial charge in [-0.3, -0.25) is 4.79 Å². The highest BCUT2D eigenvalue weighted by Gasteiger charge is 2.75. The molecule has 5 heteroatoms. The number of fused-ring (bicyclic) bond motifs is 5. The average molecular weight is 327 g/mol. The largest absolute Gasteiger partial charge is 0.385 e. The van der Waals surface area contributed by atoms with Crippen LogP contribution in [0.5, 0.6) is 0 Å². The zero-order chi connectivity index (χ0) is 16.8. The fraction of sp³-hybridized carbons (Fsp3) is 0.941. The summed E-state index contributed by atoms with van der Waals surface area (Å²) in [6.07, 6.45) is 0.612. The summed E-state index contributed by atoms with van der Waals surface area (Å²) in [5, 5.41) is -0.0821. The Kier molecular flexibility index (Phi) is 3.20. The number of hydrogen-bond donors (Lipinski definition) is 0. The normalized spacial score (nSPS) is 44.3. The van der Waals surface area contributed by atoms with Crippen molar-refractivity contribution in [3.63, 3.8) is 0 Å². The second-order valence-electron chi connectivity index (χ2n) is 9.81. The number of carbonyl (C=O) groups is 1. The van der Waals surface area contributed by atoms with E-state index in [1.54, 1.807) is 0 Å². The van der Waals surface area contributed by atoms with E-state index in [4.69, 9.17) is 13.6 Å². The maximum absolute atomic E-state index is 12.1. The Labute approximate surface area is 135 Å². The number of carbonyl (C=O) groups excluding carboxylic acids is 1. The van der Waals surface area contributed by atoms with Crippen LogP contribution in [0.3, 0.4) is 0 Å². The summed E-state index contributed by atoms with van der Waals surface area (Å²) in [6, 6.07) is 0. The smallest absolute Gasteiger partial charge is 0.350 e. The second kappa shape index (κ2) is 4.24. The molecule has 0 amide bonds. The molecule has 0 aliphatic carbocycles. The first-order chi connectivity index (χ1) is 9.74. The number of ketones is 1. The Morgan fingerprint density at radius 1 is 0.909 bits per heavy atom. The molecule has 2 bridgehead atoms. The Morgan fingerprint density at radius 3 is 1.59 bits per heavy atom. The van der Waals surface area contributed by atoms with Crippen molar-refractivity contribution < 1.29 is 18.4 Å². The number of rotatable bonds is 0. The van der Waals surface area contributed by atoms with Gasteiger partial charge in [0.05, 0.1) is 0 Å². The van der Waals surface area contributed by atoms with Crippen LogP contribution in [0.2, 0.25) is 10.1 Å². The van der Waals surface area contributed by atoms with Crippen LogP contribution in [0.25, 0.3) is 0 Å². The van der Waals surface area contributed by atoms with Crippen molar-refractivity contribution in [2.45, 2.75) is 102 Å². The predicted molar refractivity (Wildman–Crippen MR) is 87.1 cm³/mol. The molecule has 3 heterocycles. The van der Waals surface area contributed by atoms with Crippen LogP contribution in [0.4, 0.5) is 0 Å². The van der Waals surface area contributed by atoms with Gasteiger partial charge in [0.25, 0.3) is 0 Å². The Balaban J connectivity index is 2.07. The molecule has 0 unspecified atom stereocenters. The summed E-state index contributed by atoms with van der Waals surface area (Å²) >= 11 is 0. The third-order valence-corrected chi connectivity index (χ3v) is 10.7. The van der Waals surface area contributed by atoms with E-state index in [0.717, 1.165) is 0 Å². The summed E-state index contributed by atoms with van der Waals surface area (Å²) in [7, 11) is -2.50. The molecule has 0 saturated carbocycles. The molecule has 3 rings (SSSR count). The van der Waals surface area contributed by atoms with Gasteiger partial charge in [-0.2, -0.15) is 0 Å². The highest BCUT2D eigenvalue weighted by molar-refractivity contribution is 6.74. The van der Waals surface area contributed by atoms with Crippen LogP contribution in [0.15, 0.2) is 0 Å². The quantitative estimate of drug-likeness (QED) is 0.636. The fourth-order valence-electron chi connectivity index (χ4n) is 5.00. The van der Waals surface area contributed by atoms with Gasteiger partial charge >= 0.3 is 8.56 Å². The van der Waals surface area contributed by atoms with Crippen molar-refractivity contribution in [1.29, 1.82) is 0 Å². The minimum absolute atomic E-state index is 0.0411. The summed E-state index contributed by atoms with van der Waals surface area (Å²) in [5.74, 6) is 0.261. The van der Waals surface area contributed by atoms with Crippen LogP contribution >= 0.6 is 0 Å². The molecule has 4 atom stereocenters. The van der Waals surface area contributed by atoms with Gasteiger partial charge in [-0.15, -0.1) is 0 Å². The Morgan fingerprint density at radius 2 is 1.27 bits per heavy atom. The third kappa shape index (κ3) is 1.95. The lowest BCUT2D eigenvalue weighted by Gasteiger charge is -2.48. The summed E-state index contributed by atoms with van der Waals surface area (Å²) in [6.45, 7) is 17.4. The number of Topliss-reactive ketones (excluding diaryl/α,β-unsaturated/α-hetero) is 1. The molecule has 22 heavy (non-hydrogen) atoms. The van der Waals surface area contributed by atoms with Crippen LogP contribution in [-0.4, -0.2) is 37.8 Å². The second-order valence-corrected chi connectivity index (χ2v) is 14.5. The lowest BCUT2D eigenvalue weighted by Crippen LogP contribution is -2.58. The Hall–Kier alpha value is -0.233. The first-order valence-corrected chi connectivity index (χ1v) is 10.1. The standard InChI is InChI=1S/C17H30O4Si/c1-14(2,3)22(15(4,5)6)19-12-13(20-22)17(8)10-11(18)9-16(12,7)21-17/h12-13H,9-10H2,1-8H3/t12-,13+,16+,17-. The lowest BCUT2D eigenvalue weighted by molar-refractivity contribution is -0.168. The van der Waals surface area contributed by atoms with E-state index < -0.39 is 19.8 Å². The van der Waals surface area contributed by atoms with Gasteiger partial charge in [0.15, 0.2) is 0 Å². The maximum Gasteiger partial charge on any atom is 0.350 e. The highest BCUT2D eigenvalue weighted by Crippen LogP contribution is 2.62. The lowest BCUT2D eigenvalue weighted by atomic mass is 9.93. The van der Waals surface area contributed by atoms with Gasteiger partial charge in [-0.1, -0.05) is 41.5 Å². The Bertz CT molecular complexity index is 474. The van der Waals surface area contributed by atoms with Crippen molar-refractivity contribution in [3.8, 4) is 0 Å². The highest BCUT2D eigenvalue weighted by atomic mass is 28.4. The van der Waals surface area contributed by atoms with Gasteiger partial charge in [0, 0.05) is 22.9 Å². The minimum atomic E-state index is -2.50. The van der Waals surface area contributed by atoms with Crippen LogP contribution < -0.4 is 0 Å². The van der Waals surface area contributed by atoms with E-state index >= 15 is 0 Å². The fourth-order valence-corrected chi connectivity index (χ4v) is 10.2. The maximum atomic E-state index is 12.1. The SMILES string of the molecule is CC(C)(C)[Si]1(C(C)(C)C)O[C@@H]2[C@H](O1)[C@@]1(C)CC(=O)C[C@]2(C)O1. The molecule has 4 nitrogen and oxygen atoms in total. The van der Waals surface area contributed by atoms with E-state index in [2.05, 4.69) is 41.5 Å². The van der Waals surface area contributed by atoms with Crippen molar-refractivity contribution in [2.24, 2.45) is 0 Å². The predicted octanol–water partition coefficient (Wildman–Crippen LogP) is 3.72. The van der Waals surface area contributed by atoms with Gasteiger partial charge in [0.2, 0.25) is 0 Å². The molecule has 0 aromatic heterocycles. The topological polar surface area (TPSA) is 44.8 Å². The molecule has 0 N–H and O–H groups in total. The van der Waals surface area contributed by atoms with Gasteiger partial charge < -0.3 is 13.6 Å². The first-order valence-electron chi connectivity index (χ1n) is 8.32. The van der Waals surface area contributed by atoms with E-state index in [9.17, 15) is 4.79 Å². The molecule has 0 spiro atoms. The van der Waals surface area contributed by atoms with Crippen molar-refractivity contribution in [3.05, 3.63) is 0 Å². The molecular formula is C17H30O4Si. The van der Waals surface area contributed by atoms with Crippen LogP contribution in [0, 0.1) is 0 Å². The summed E-state index contributed by atoms with van der Waals surface area (Å²) < 4.78 is 19.8. The molecule has 3 aliphatic heterocycles. The van der Waals surface area contributed by atoms with Crippen molar-refractivity contribution in [2.75, 3.05) is 0 Å². The summed E-state index contributed by atoms with van der Waals surface area (Å²) in [5.41, 5.74) is -1.08. The van der Waals surface area contributed by atoms with Crippen molar-refractivity contribution in [1.82, 2.24) is 0 Å². The van der Waals surface area contributed by atoms with E-state index in [1.165, 1.54) is 0 Å². The first kappa shape index (κ1) is 16.6. The minimum Gasteiger partial charge on any atom is -0.385 e. The molecule has 0 aromatic carbocycles. The molecular weight excluding hydrogens is 296 g/mol. The molecule has 0 radical (unpaired) electrons. The van der Waals surface area contributed by atoms with Crippen LogP contribution in [0.1, 0.15) is 68.2 Å². The average Bonchev–Trinajstić information content (AvgIpc) is 2.72. The summed E-state index contributed by atoms with van der Waals surface area (Å²) in [4.78, 5) is 12.1. The molecule has 3 fully saturated rings. The van der Waals surface area contributed by atoms with Gasteiger partial charge in [0.1, 0.15) is 29.2 Å². The molecule has 126 valence electrons. The van der Waals surface area contributed by atoms with Crippen LogP contribution in [-0.2, 0) is 18.4 Å².